The summed E-state index contributed by atoms with van der Waals surface area (Å²) in [6, 6.07) is 4.12. The van der Waals surface area contributed by atoms with E-state index in [4.69, 9.17) is 0 Å². The van der Waals surface area contributed by atoms with Gasteiger partial charge < -0.3 is 10.3 Å². The van der Waals surface area contributed by atoms with Crippen LogP contribution in [0.25, 0.3) is 11.0 Å². The highest BCUT2D eigenvalue weighted by atomic mass is 19.4. The molecule has 2 aromatic heterocycles. The Morgan fingerprint density at radius 1 is 1.27 bits per heavy atom. The average molecular weight is 365 g/mol. The molecule has 136 valence electrons. The van der Waals surface area contributed by atoms with Crippen LogP contribution in [0.3, 0.4) is 0 Å². The summed E-state index contributed by atoms with van der Waals surface area (Å²) in [4.78, 5) is 29.7. The van der Waals surface area contributed by atoms with Crippen LogP contribution >= 0.6 is 0 Å². The molecule has 26 heavy (non-hydrogen) atoms. The number of alkyl halides is 3. The van der Waals surface area contributed by atoms with E-state index < -0.39 is 23.3 Å². The molecule has 0 fully saturated rings. The Hall–Kier alpha value is -3.17. The van der Waals surface area contributed by atoms with Gasteiger partial charge in [-0.2, -0.15) is 18.3 Å². The van der Waals surface area contributed by atoms with Gasteiger partial charge in [-0.25, -0.2) is 9.67 Å². The van der Waals surface area contributed by atoms with Gasteiger partial charge in [0.05, 0.1) is 11.6 Å². The summed E-state index contributed by atoms with van der Waals surface area (Å²) in [5.74, 6) is 0.378. The molecule has 0 unspecified atom stereocenters. The molecular formula is C16H14F3N5O2. The first-order valence-electron chi connectivity index (χ1n) is 7.59. The van der Waals surface area contributed by atoms with Crippen LogP contribution < -0.4 is 10.9 Å². The molecule has 0 spiro atoms. The summed E-state index contributed by atoms with van der Waals surface area (Å²) < 4.78 is 39.6. The standard InChI is InChI=1S/C16H14F3N5O2/c1-8(10-3-5-11(6-4-10)16(17,18)19)24-14-12(13(23-24)20-7-25)15(26)22-9(2)21-14/h3-8H,1-2H3,(H,20,23,25)(H,21,22,26)/t8-/m1/s1. The van der Waals surface area contributed by atoms with Crippen molar-refractivity contribution in [2.45, 2.75) is 26.1 Å². The van der Waals surface area contributed by atoms with Gasteiger partial charge in [0, 0.05) is 0 Å². The maximum atomic E-state index is 12.7. The van der Waals surface area contributed by atoms with Gasteiger partial charge in [-0.05, 0) is 31.5 Å². The molecule has 2 N–H and O–H groups in total. The van der Waals surface area contributed by atoms with Crippen LogP contribution in [0, 0.1) is 6.92 Å². The largest absolute Gasteiger partial charge is 0.416 e. The zero-order chi connectivity index (χ0) is 19.1. The van der Waals surface area contributed by atoms with E-state index in [1.54, 1.807) is 13.8 Å². The lowest BCUT2D eigenvalue weighted by Gasteiger charge is -2.15. The quantitative estimate of drug-likeness (QED) is 0.695. The van der Waals surface area contributed by atoms with Crippen molar-refractivity contribution in [2.75, 3.05) is 5.32 Å². The molecule has 2 heterocycles. The van der Waals surface area contributed by atoms with E-state index in [1.165, 1.54) is 16.8 Å². The lowest BCUT2D eigenvalue weighted by Crippen LogP contribution is -2.13. The minimum absolute atomic E-state index is 0.0301. The maximum Gasteiger partial charge on any atom is 0.416 e. The van der Waals surface area contributed by atoms with Crippen LogP contribution in [-0.4, -0.2) is 26.2 Å². The van der Waals surface area contributed by atoms with Gasteiger partial charge in [-0.1, -0.05) is 12.1 Å². The first kappa shape index (κ1) is 17.6. The van der Waals surface area contributed by atoms with E-state index in [0.29, 0.717) is 17.8 Å². The molecule has 10 heteroatoms. The average Bonchev–Trinajstić information content (AvgIpc) is 2.92. The molecule has 1 atom stereocenters. The summed E-state index contributed by atoms with van der Waals surface area (Å²) >= 11 is 0. The first-order valence-corrected chi connectivity index (χ1v) is 7.59. The fourth-order valence-electron chi connectivity index (χ4n) is 2.67. The number of nitrogens with zero attached hydrogens (tertiary/aromatic N) is 3. The topological polar surface area (TPSA) is 92.7 Å². The third-order valence-electron chi connectivity index (χ3n) is 3.96. The summed E-state index contributed by atoms with van der Waals surface area (Å²) in [5.41, 5.74) is -0.460. The second kappa shape index (κ2) is 6.28. The number of aromatic nitrogens is 4. The van der Waals surface area contributed by atoms with E-state index in [2.05, 4.69) is 20.4 Å². The molecule has 0 aliphatic rings. The number of aromatic amines is 1. The lowest BCUT2D eigenvalue weighted by atomic mass is 10.1. The zero-order valence-corrected chi connectivity index (χ0v) is 13.8. The molecule has 3 rings (SSSR count). The van der Waals surface area contributed by atoms with Crippen molar-refractivity contribution in [1.29, 1.82) is 0 Å². The summed E-state index contributed by atoms with van der Waals surface area (Å²) in [5, 5.41) is 6.64. The summed E-state index contributed by atoms with van der Waals surface area (Å²) in [6.07, 6.45) is -4.04. The Morgan fingerprint density at radius 3 is 2.50 bits per heavy atom. The van der Waals surface area contributed by atoms with Crippen molar-refractivity contribution in [3.05, 3.63) is 51.6 Å². The lowest BCUT2D eigenvalue weighted by molar-refractivity contribution is -0.137. The Kier molecular flexibility index (Phi) is 4.26. The number of hydrogen-bond acceptors (Lipinski definition) is 4. The second-order valence-corrected chi connectivity index (χ2v) is 5.70. The minimum atomic E-state index is -4.42. The highest BCUT2D eigenvalue weighted by Crippen LogP contribution is 2.31. The normalized spacial score (nSPS) is 13.0. The number of amides is 1. The van der Waals surface area contributed by atoms with E-state index in [9.17, 15) is 22.8 Å². The van der Waals surface area contributed by atoms with Crippen LogP contribution in [0.5, 0.6) is 0 Å². The van der Waals surface area contributed by atoms with Crippen molar-refractivity contribution >= 4 is 23.3 Å². The predicted molar refractivity (Wildman–Crippen MR) is 87.8 cm³/mol. The van der Waals surface area contributed by atoms with Gasteiger partial charge in [0.25, 0.3) is 5.56 Å². The van der Waals surface area contributed by atoms with Gasteiger partial charge in [0.15, 0.2) is 11.5 Å². The Bertz CT molecular complexity index is 1020. The van der Waals surface area contributed by atoms with Crippen molar-refractivity contribution in [3.63, 3.8) is 0 Å². The number of hydrogen-bond donors (Lipinski definition) is 2. The number of carbonyl (C=O) groups excluding carboxylic acids is 1. The maximum absolute atomic E-state index is 12.7. The van der Waals surface area contributed by atoms with Crippen LogP contribution in [0.1, 0.15) is 29.9 Å². The van der Waals surface area contributed by atoms with Crippen molar-refractivity contribution in [2.24, 2.45) is 0 Å². The fourth-order valence-corrected chi connectivity index (χ4v) is 2.67. The van der Waals surface area contributed by atoms with E-state index in [0.717, 1.165) is 12.1 Å². The molecule has 0 radical (unpaired) electrons. The number of nitrogens with one attached hydrogen (secondary N) is 2. The van der Waals surface area contributed by atoms with Crippen molar-refractivity contribution in [1.82, 2.24) is 19.7 Å². The van der Waals surface area contributed by atoms with Crippen molar-refractivity contribution in [3.8, 4) is 0 Å². The Balaban J connectivity index is 2.12. The number of fused-ring (bicyclic) bond motifs is 1. The SMILES string of the molecule is Cc1nc2c(c(NC=O)nn2[C@H](C)c2ccc(C(F)(F)F)cc2)c(=O)[nH]1. The zero-order valence-electron chi connectivity index (χ0n) is 13.8. The summed E-state index contributed by atoms with van der Waals surface area (Å²) in [7, 11) is 0. The molecule has 0 bridgehead atoms. The minimum Gasteiger partial charge on any atom is -0.311 e. The third-order valence-corrected chi connectivity index (χ3v) is 3.96. The molecule has 1 aromatic carbocycles. The number of aryl methyl sites for hydroxylation is 1. The molecule has 3 aromatic rings. The van der Waals surface area contributed by atoms with Crippen LogP contribution in [-0.2, 0) is 11.0 Å². The van der Waals surface area contributed by atoms with E-state index >= 15 is 0 Å². The first-order chi connectivity index (χ1) is 12.2. The van der Waals surface area contributed by atoms with Gasteiger partial charge in [0.1, 0.15) is 11.2 Å². The summed E-state index contributed by atoms with van der Waals surface area (Å²) in [6.45, 7) is 3.30. The fraction of sp³-hybridized carbons (Fsp3) is 0.250. The highest BCUT2D eigenvalue weighted by Gasteiger charge is 2.30. The Morgan fingerprint density at radius 2 is 1.92 bits per heavy atom. The van der Waals surface area contributed by atoms with Gasteiger partial charge in [0.2, 0.25) is 6.41 Å². The number of halogens is 3. The van der Waals surface area contributed by atoms with Crippen LogP contribution in [0.4, 0.5) is 19.0 Å². The highest BCUT2D eigenvalue weighted by molar-refractivity contribution is 5.91. The van der Waals surface area contributed by atoms with E-state index in [-0.39, 0.29) is 16.9 Å². The predicted octanol–water partition coefficient (Wildman–Crippen LogP) is 2.62. The number of benzene rings is 1. The molecular weight excluding hydrogens is 351 g/mol. The molecule has 0 aliphatic heterocycles. The number of H-pyrrole nitrogens is 1. The molecule has 0 saturated heterocycles. The van der Waals surface area contributed by atoms with E-state index in [1.807, 2.05) is 0 Å². The van der Waals surface area contributed by atoms with Gasteiger partial charge in [-0.15, -0.1) is 0 Å². The Labute approximate surface area is 144 Å². The third kappa shape index (κ3) is 3.05. The molecule has 1 amide bonds. The smallest absolute Gasteiger partial charge is 0.311 e. The number of anilines is 1. The molecule has 0 aliphatic carbocycles. The van der Waals surface area contributed by atoms with Crippen molar-refractivity contribution < 1.29 is 18.0 Å². The number of rotatable bonds is 4. The van der Waals surface area contributed by atoms with Gasteiger partial charge >= 0.3 is 6.18 Å². The molecule has 7 nitrogen and oxygen atoms in total. The monoisotopic (exact) mass is 365 g/mol. The molecule has 0 saturated carbocycles. The second-order valence-electron chi connectivity index (χ2n) is 5.70. The van der Waals surface area contributed by atoms with Crippen LogP contribution in [0.15, 0.2) is 29.1 Å². The number of carbonyl (C=O) groups is 1. The van der Waals surface area contributed by atoms with Gasteiger partial charge in [-0.3, -0.25) is 9.59 Å². The van der Waals surface area contributed by atoms with Crippen LogP contribution in [0.2, 0.25) is 0 Å².